The van der Waals surface area contributed by atoms with Gasteiger partial charge in [-0.1, -0.05) is 30.0 Å². The Bertz CT molecular complexity index is 1170. The first kappa shape index (κ1) is 22.6. The number of thioether (sulfide) groups is 1. The maximum absolute atomic E-state index is 12.5. The van der Waals surface area contributed by atoms with Crippen LogP contribution in [-0.2, 0) is 23.1 Å². The zero-order valence-corrected chi connectivity index (χ0v) is 18.2. The van der Waals surface area contributed by atoms with Crippen molar-refractivity contribution in [2.24, 2.45) is 7.05 Å². The van der Waals surface area contributed by atoms with Gasteiger partial charge in [0.2, 0.25) is 0 Å². The van der Waals surface area contributed by atoms with Gasteiger partial charge in [-0.2, -0.15) is 0 Å². The summed E-state index contributed by atoms with van der Waals surface area (Å²) in [6.07, 6.45) is -0.980. The molecule has 2 heterocycles. The second kappa shape index (κ2) is 9.84. The predicted molar refractivity (Wildman–Crippen MR) is 115 cm³/mol. The molecule has 0 bridgehead atoms. The summed E-state index contributed by atoms with van der Waals surface area (Å²) < 4.78 is 13.3. The quantitative estimate of drug-likeness (QED) is 0.365. The van der Waals surface area contributed by atoms with Gasteiger partial charge < -0.3 is 19.1 Å². The molecule has 2 atom stereocenters. The van der Waals surface area contributed by atoms with Crippen molar-refractivity contribution in [3.8, 4) is 5.75 Å². The molecule has 1 aromatic carbocycles. The fraction of sp³-hybridized carbons (Fsp3) is 0.400. The first-order valence-electron chi connectivity index (χ1n) is 9.70. The Balaban J connectivity index is 1.93. The van der Waals surface area contributed by atoms with E-state index >= 15 is 0 Å². The Morgan fingerprint density at radius 2 is 2.00 bits per heavy atom. The van der Waals surface area contributed by atoms with Crippen LogP contribution in [0.2, 0.25) is 0 Å². The number of aromatic nitrogens is 4. The molecule has 0 radical (unpaired) electrons. The minimum Gasteiger partial charge on any atom is -0.491 e. The summed E-state index contributed by atoms with van der Waals surface area (Å²) in [5.41, 5.74) is -0.953. The molecule has 3 aromatic rings. The normalized spacial score (nSPS) is 13.2. The van der Waals surface area contributed by atoms with Crippen LogP contribution in [0.5, 0.6) is 5.75 Å². The SMILES string of the molecule is CCOC(=O)[C@H](C)Sc1nc2c(c(=O)[nH]c(=O)n2C)n1C[C@@H](O)COc1ccccc1. The van der Waals surface area contributed by atoms with Crippen molar-refractivity contribution in [2.75, 3.05) is 13.2 Å². The van der Waals surface area contributed by atoms with E-state index in [2.05, 4.69) is 9.97 Å². The molecular formula is C20H24N4O6S. The van der Waals surface area contributed by atoms with Crippen LogP contribution in [0.1, 0.15) is 13.8 Å². The molecule has 2 N–H and O–H groups in total. The highest BCUT2D eigenvalue weighted by Gasteiger charge is 2.24. The summed E-state index contributed by atoms with van der Waals surface area (Å²) in [5.74, 6) is 0.171. The van der Waals surface area contributed by atoms with Crippen LogP contribution >= 0.6 is 11.8 Å². The molecule has 0 amide bonds. The van der Waals surface area contributed by atoms with E-state index < -0.39 is 28.6 Å². The van der Waals surface area contributed by atoms with Gasteiger partial charge in [-0.05, 0) is 26.0 Å². The lowest BCUT2D eigenvalue weighted by molar-refractivity contribution is -0.142. The number of imidazole rings is 1. The Kier molecular flexibility index (Phi) is 7.18. The standard InChI is InChI=1S/C20H24N4O6S/c1-4-29-18(27)12(2)31-20-21-16-15(17(26)22-19(28)23(16)3)24(20)10-13(25)11-30-14-8-6-5-7-9-14/h5-9,12-13,25H,4,10-11H2,1-3H3,(H,22,26,28)/t12-,13+/m0/s1. The molecule has 2 aromatic heterocycles. The third-order valence-electron chi connectivity index (χ3n) is 4.45. The van der Waals surface area contributed by atoms with Crippen LogP contribution in [0.4, 0.5) is 0 Å². The fourth-order valence-electron chi connectivity index (χ4n) is 2.91. The largest absolute Gasteiger partial charge is 0.491 e. The highest BCUT2D eigenvalue weighted by molar-refractivity contribution is 8.00. The van der Waals surface area contributed by atoms with Crippen LogP contribution in [0.25, 0.3) is 11.2 Å². The monoisotopic (exact) mass is 448 g/mol. The molecule has 0 spiro atoms. The summed E-state index contributed by atoms with van der Waals surface area (Å²) >= 11 is 1.08. The van der Waals surface area contributed by atoms with Crippen molar-refractivity contribution in [3.63, 3.8) is 0 Å². The Morgan fingerprint density at radius 3 is 2.68 bits per heavy atom. The fourth-order valence-corrected chi connectivity index (χ4v) is 3.83. The first-order chi connectivity index (χ1) is 14.8. The van der Waals surface area contributed by atoms with E-state index in [1.165, 1.54) is 16.2 Å². The van der Waals surface area contributed by atoms with Crippen LogP contribution in [0.15, 0.2) is 45.1 Å². The van der Waals surface area contributed by atoms with E-state index in [0.29, 0.717) is 10.9 Å². The first-order valence-corrected chi connectivity index (χ1v) is 10.6. The highest BCUT2D eigenvalue weighted by atomic mass is 32.2. The topological polar surface area (TPSA) is 128 Å². The number of ether oxygens (including phenoxy) is 2. The predicted octanol–water partition coefficient (Wildman–Crippen LogP) is 0.907. The van der Waals surface area contributed by atoms with Gasteiger partial charge in [-0.15, -0.1) is 0 Å². The van der Waals surface area contributed by atoms with Crippen molar-refractivity contribution in [1.82, 2.24) is 19.1 Å². The Labute approximate surface area is 181 Å². The van der Waals surface area contributed by atoms with E-state index in [-0.39, 0.29) is 30.9 Å². The van der Waals surface area contributed by atoms with E-state index in [0.717, 1.165) is 11.8 Å². The van der Waals surface area contributed by atoms with Gasteiger partial charge in [0.25, 0.3) is 5.56 Å². The molecule has 11 heteroatoms. The maximum Gasteiger partial charge on any atom is 0.329 e. The second-order valence-electron chi connectivity index (χ2n) is 6.79. The zero-order chi connectivity index (χ0) is 22.5. The van der Waals surface area contributed by atoms with Crippen molar-refractivity contribution >= 4 is 28.9 Å². The van der Waals surface area contributed by atoms with Crippen LogP contribution in [0.3, 0.4) is 0 Å². The summed E-state index contributed by atoms with van der Waals surface area (Å²) in [6.45, 7) is 3.56. The second-order valence-corrected chi connectivity index (χ2v) is 8.09. The minimum atomic E-state index is -0.980. The number of carbonyl (C=O) groups is 1. The number of carbonyl (C=O) groups excluding carboxylic acids is 1. The van der Waals surface area contributed by atoms with Crippen molar-refractivity contribution in [3.05, 3.63) is 51.2 Å². The summed E-state index contributed by atoms with van der Waals surface area (Å²) in [6, 6.07) is 9.02. The number of aliphatic hydroxyl groups is 1. The zero-order valence-electron chi connectivity index (χ0n) is 17.4. The molecule has 0 fully saturated rings. The molecule has 31 heavy (non-hydrogen) atoms. The number of aliphatic hydroxyl groups excluding tert-OH is 1. The van der Waals surface area contributed by atoms with Crippen LogP contribution < -0.4 is 16.0 Å². The summed E-state index contributed by atoms with van der Waals surface area (Å²) in [4.78, 5) is 43.2. The minimum absolute atomic E-state index is 0.0229. The number of hydrogen-bond acceptors (Lipinski definition) is 8. The Hall–Kier alpha value is -3.05. The number of nitrogens with zero attached hydrogens (tertiary/aromatic N) is 3. The molecule has 0 aliphatic heterocycles. The molecule has 0 unspecified atom stereocenters. The number of nitrogens with one attached hydrogen (secondary N) is 1. The number of hydrogen-bond donors (Lipinski definition) is 2. The van der Waals surface area contributed by atoms with E-state index in [1.54, 1.807) is 26.0 Å². The third kappa shape index (κ3) is 5.17. The maximum atomic E-state index is 12.5. The molecule has 0 aliphatic carbocycles. The van der Waals surface area contributed by atoms with Gasteiger partial charge in [-0.25, -0.2) is 9.78 Å². The van der Waals surface area contributed by atoms with E-state index in [9.17, 15) is 19.5 Å². The molecule has 166 valence electrons. The lowest BCUT2D eigenvalue weighted by Gasteiger charge is -2.16. The van der Waals surface area contributed by atoms with E-state index in [4.69, 9.17) is 9.47 Å². The number of esters is 1. The van der Waals surface area contributed by atoms with E-state index in [1.807, 2.05) is 18.2 Å². The van der Waals surface area contributed by atoms with Crippen molar-refractivity contribution in [1.29, 1.82) is 0 Å². The number of fused-ring (bicyclic) bond motifs is 1. The molecule has 3 rings (SSSR count). The van der Waals surface area contributed by atoms with Gasteiger partial charge in [0.15, 0.2) is 16.3 Å². The molecule has 0 saturated carbocycles. The van der Waals surface area contributed by atoms with Crippen molar-refractivity contribution < 1.29 is 19.4 Å². The number of aromatic amines is 1. The molecule has 0 saturated heterocycles. The number of aryl methyl sites for hydroxylation is 1. The summed E-state index contributed by atoms with van der Waals surface area (Å²) in [5, 5.41) is 10.3. The number of H-pyrrole nitrogens is 1. The lowest BCUT2D eigenvalue weighted by atomic mass is 10.3. The van der Waals surface area contributed by atoms with Crippen molar-refractivity contribution in [2.45, 2.75) is 36.9 Å². The van der Waals surface area contributed by atoms with Gasteiger partial charge in [0.1, 0.15) is 23.7 Å². The number of rotatable bonds is 9. The number of para-hydroxylation sites is 1. The van der Waals surface area contributed by atoms with Gasteiger partial charge in [0.05, 0.1) is 13.2 Å². The summed E-state index contributed by atoms with van der Waals surface area (Å²) in [7, 11) is 1.48. The van der Waals surface area contributed by atoms with Gasteiger partial charge in [0, 0.05) is 7.05 Å². The highest BCUT2D eigenvalue weighted by Crippen LogP contribution is 2.26. The number of benzene rings is 1. The average Bonchev–Trinajstić information content (AvgIpc) is 3.10. The van der Waals surface area contributed by atoms with Crippen LogP contribution in [-0.4, -0.2) is 54.7 Å². The average molecular weight is 449 g/mol. The third-order valence-corrected chi connectivity index (χ3v) is 5.52. The lowest BCUT2D eigenvalue weighted by Crippen LogP contribution is -2.30. The smallest absolute Gasteiger partial charge is 0.329 e. The Morgan fingerprint density at radius 1 is 1.29 bits per heavy atom. The van der Waals surface area contributed by atoms with Gasteiger partial charge in [-0.3, -0.25) is 19.1 Å². The van der Waals surface area contributed by atoms with Crippen LogP contribution in [0, 0.1) is 0 Å². The molecule has 10 nitrogen and oxygen atoms in total. The molecule has 0 aliphatic rings. The molecular weight excluding hydrogens is 424 g/mol. The van der Waals surface area contributed by atoms with Gasteiger partial charge >= 0.3 is 11.7 Å².